The number of halogens is 1. The highest BCUT2D eigenvalue weighted by Gasteiger charge is 2.06. The Balaban J connectivity index is 0.00000400. The molecule has 0 aromatic heterocycles. The maximum atomic E-state index is 11.7. The van der Waals surface area contributed by atoms with Crippen LogP contribution in [0.5, 0.6) is 0 Å². The molecule has 0 aliphatic heterocycles. The molecular formula is C15H24ClN3O2. The fourth-order valence-electron chi connectivity index (χ4n) is 1.60. The van der Waals surface area contributed by atoms with E-state index in [-0.39, 0.29) is 30.1 Å². The predicted molar refractivity (Wildman–Crippen MR) is 86.5 cm³/mol. The van der Waals surface area contributed by atoms with Crippen LogP contribution in [0.25, 0.3) is 0 Å². The van der Waals surface area contributed by atoms with Crippen molar-refractivity contribution in [2.45, 2.75) is 19.8 Å². The van der Waals surface area contributed by atoms with Gasteiger partial charge >= 0.3 is 0 Å². The van der Waals surface area contributed by atoms with E-state index in [0.29, 0.717) is 38.0 Å². The van der Waals surface area contributed by atoms with E-state index in [4.69, 9.17) is 5.73 Å². The van der Waals surface area contributed by atoms with Crippen LogP contribution >= 0.6 is 12.4 Å². The normalized spacial score (nSPS) is 11.1. The molecule has 0 heterocycles. The lowest BCUT2D eigenvalue weighted by Crippen LogP contribution is -2.32. The van der Waals surface area contributed by atoms with Gasteiger partial charge in [0.25, 0.3) is 5.91 Å². The zero-order valence-electron chi connectivity index (χ0n) is 12.3. The van der Waals surface area contributed by atoms with Gasteiger partial charge in [-0.1, -0.05) is 25.1 Å². The van der Waals surface area contributed by atoms with Crippen LogP contribution < -0.4 is 16.4 Å². The largest absolute Gasteiger partial charge is 0.356 e. The predicted octanol–water partition coefficient (Wildman–Crippen LogP) is 1.33. The minimum atomic E-state index is -0.109. The molecule has 0 saturated carbocycles. The highest BCUT2D eigenvalue weighted by Crippen LogP contribution is 1.98. The molecule has 118 valence electrons. The minimum Gasteiger partial charge on any atom is -0.356 e. The molecule has 1 aromatic rings. The third kappa shape index (κ3) is 8.32. The lowest BCUT2D eigenvalue weighted by Gasteiger charge is -2.10. The molecule has 0 aliphatic rings. The molecule has 0 saturated heterocycles. The van der Waals surface area contributed by atoms with Crippen molar-refractivity contribution in [3.63, 3.8) is 0 Å². The van der Waals surface area contributed by atoms with Gasteiger partial charge in [0.05, 0.1) is 0 Å². The second kappa shape index (κ2) is 11.1. The van der Waals surface area contributed by atoms with Crippen LogP contribution in [0.3, 0.4) is 0 Å². The Bertz CT molecular complexity index is 426. The summed E-state index contributed by atoms with van der Waals surface area (Å²) >= 11 is 0. The summed E-state index contributed by atoms with van der Waals surface area (Å²) in [4.78, 5) is 23.2. The minimum absolute atomic E-state index is 0. The second-order valence-electron chi connectivity index (χ2n) is 4.87. The summed E-state index contributed by atoms with van der Waals surface area (Å²) in [6.07, 6.45) is 1.04. The van der Waals surface area contributed by atoms with Gasteiger partial charge in [-0.05, 0) is 31.0 Å². The first-order chi connectivity index (χ1) is 9.63. The topological polar surface area (TPSA) is 84.2 Å². The molecule has 2 amide bonds. The number of amides is 2. The first-order valence-electron chi connectivity index (χ1n) is 6.93. The summed E-state index contributed by atoms with van der Waals surface area (Å²) in [5.41, 5.74) is 6.10. The fraction of sp³-hybridized carbons (Fsp3) is 0.467. The van der Waals surface area contributed by atoms with E-state index in [9.17, 15) is 9.59 Å². The van der Waals surface area contributed by atoms with Crippen LogP contribution in [-0.2, 0) is 4.79 Å². The van der Waals surface area contributed by atoms with Gasteiger partial charge in [0, 0.05) is 25.1 Å². The van der Waals surface area contributed by atoms with Gasteiger partial charge in [0.1, 0.15) is 0 Å². The molecule has 4 N–H and O–H groups in total. The van der Waals surface area contributed by atoms with Crippen molar-refractivity contribution >= 4 is 24.2 Å². The number of carbonyl (C=O) groups is 2. The molecule has 6 heteroatoms. The summed E-state index contributed by atoms with van der Waals surface area (Å²) in [7, 11) is 0. The molecule has 1 unspecified atom stereocenters. The number of nitrogens with two attached hydrogens (primary N) is 1. The van der Waals surface area contributed by atoms with Gasteiger partial charge < -0.3 is 16.4 Å². The van der Waals surface area contributed by atoms with Crippen molar-refractivity contribution in [2.24, 2.45) is 11.7 Å². The van der Waals surface area contributed by atoms with Gasteiger partial charge in [0.15, 0.2) is 0 Å². The monoisotopic (exact) mass is 313 g/mol. The first-order valence-corrected chi connectivity index (χ1v) is 6.93. The van der Waals surface area contributed by atoms with Crippen molar-refractivity contribution in [3.05, 3.63) is 35.9 Å². The summed E-state index contributed by atoms with van der Waals surface area (Å²) in [6, 6.07) is 9.03. The van der Waals surface area contributed by atoms with E-state index in [1.807, 2.05) is 25.1 Å². The summed E-state index contributed by atoms with van der Waals surface area (Å²) in [5.74, 6) is 0.179. The second-order valence-corrected chi connectivity index (χ2v) is 4.87. The maximum absolute atomic E-state index is 11.7. The summed E-state index contributed by atoms with van der Waals surface area (Å²) in [5, 5.41) is 5.61. The van der Waals surface area contributed by atoms with E-state index >= 15 is 0 Å². The quantitative estimate of drug-likeness (QED) is 0.633. The summed E-state index contributed by atoms with van der Waals surface area (Å²) < 4.78 is 0. The molecule has 0 radical (unpaired) electrons. The molecule has 1 atom stereocenters. The van der Waals surface area contributed by atoms with Gasteiger partial charge in [-0.3, -0.25) is 9.59 Å². The van der Waals surface area contributed by atoms with Crippen LogP contribution in [0.1, 0.15) is 30.1 Å². The fourth-order valence-corrected chi connectivity index (χ4v) is 1.60. The molecule has 0 fully saturated rings. The molecular weight excluding hydrogens is 290 g/mol. The SMILES string of the molecule is CC(CN)CNC(=O)CCCNC(=O)c1ccccc1.Cl. The third-order valence-electron chi connectivity index (χ3n) is 2.95. The van der Waals surface area contributed by atoms with Crippen LogP contribution in [-0.4, -0.2) is 31.4 Å². The Kier molecular flexibility index (Phi) is 10.3. The van der Waals surface area contributed by atoms with E-state index in [1.165, 1.54) is 0 Å². The number of hydrogen-bond acceptors (Lipinski definition) is 3. The average molecular weight is 314 g/mol. The van der Waals surface area contributed by atoms with E-state index in [2.05, 4.69) is 10.6 Å². The molecule has 0 aliphatic carbocycles. The van der Waals surface area contributed by atoms with E-state index < -0.39 is 0 Å². The average Bonchev–Trinajstić information content (AvgIpc) is 2.49. The van der Waals surface area contributed by atoms with Crippen molar-refractivity contribution in [2.75, 3.05) is 19.6 Å². The smallest absolute Gasteiger partial charge is 0.251 e. The van der Waals surface area contributed by atoms with Crippen molar-refractivity contribution in [1.29, 1.82) is 0 Å². The highest BCUT2D eigenvalue weighted by molar-refractivity contribution is 5.94. The molecule has 1 aromatic carbocycles. The molecule has 1 rings (SSSR count). The van der Waals surface area contributed by atoms with Gasteiger partial charge in [-0.25, -0.2) is 0 Å². The van der Waals surface area contributed by atoms with Crippen molar-refractivity contribution in [3.8, 4) is 0 Å². The molecule has 21 heavy (non-hydrogen) atoms. The number of benzene rings is 1. The Morgan fingerprint density at radius 2 is 1.86 bits per heavy atom. The Morgan fingerprint density at radius 1 is 1.19 bits per heavy atom. The van der Waals surface area contributed by atoms with Crippen LogP contribution in [0.4, 0.5) is 0 Å². The third-order valence-corrected chi connectivity index (χ3v) is 2.95. The molecule has 0 bridgehead atoms. The Morgan fingerprint density at radius 3 is 2.48 bits per heavy atom. The van der Waals surface area contributed by atoms with Crippen molar-refractivity contribution < 1.29 is 9.59 Å². The van der Waals surface area contributed by atoms with Gasteiger partial charge in [-0.15, -0.1) is 12.4 Å². The van der Waals surface area contributed by atoms with Crippen LogP contribution in [0, 0.1) is 5.92 Å². The lowest BCUT2D eigenvalue weighted by atomic mass is 10.2. The van der Waals surface area contributed by atoms with Crippen molar-refractivity contribution in [1.82, 2.24) is 10.6 Å². The molecule has 5 nitrogen and oxygen atoms in total. The van der Waals surface area contributed by atoms with Gasteiger partial charge in [0.2, 0.25) is 5.91 Å². The van der Waals surface area contributed by atoms with Crippen LogP contribution in [0.15, 0.2) is 30.3 Å². The van der Waals surface area contributed by atoms with E-state index in [1.54, 1.807) is 12.1 Å². The number of hydrogen-bond donors (Lipinski definition) is 3. The van der Waals surface area contributed by atoms with Crippen LogP contribution in [0.2, 0.25) is 0 Å². The highest BCUT2D eigenvalue weighted by atomic mass is 35.5. The Labute approximate surface area is 132 Å². The maximum Gasteiger partial charge on any atom is 0.251 e. The summed E-state index contributed by atoms with van der Waals surface area (Å²) in [6.45, 7) is 3.65. The number of nitrogens with one attached hydrogen (secondary N) is 2. The number of rotatable bonds is 8. The Hall–Kier alpha value is -1.59. The van der Waals surface area contributed by atoms with E-state index in [0.717, 1.165) is 0 Å². The number of carbonyl (C=O) groups excluding carboxylic acids is 2. The zero-order valence-corrected chi connectivity index (χ0v) is 13.1. The zero-order chi connectivity index (χ0) is 14.8. The first kappa shape index (κ1) is 19.4. The molecule has 0 spiro atoms. The lowest BCUT2D eigenvalue weighted by molar-refractivity contribution is -0.121. The van der Waals surface area contributed by atoms with Gasteiger partial charge in [-0.2, -0.15) is 0 Å². The standard InChI is InChI=1S/C15H23N3O2.ClH/c1-12(10-16)11-18-14(19)8-5-9-17-15(20)13-6-3-2-4-7-13;/h2-4,6-7,12H,5,8-11,16H2,1H3,(H,17,20)(H,18,19);1H.